The average molecular weight is 525 g/mol. The molecule has 38 heavy (non-hydrogen) atoms. The van der Waals surface area contributed by atoms with Crippen LogP contribution in [0.1, 0.15) is 72.3 Å². The zero-order valence-electron chi connectivity index (χ0n) is 23.4. The van der Waals surface area contributed by atoms with E-state index in [-0.39, 0.29) is 11.8 Å². The van der Waals surface area contributed by atoms with Gasteiger partial charge >= 0.3 is 0 Å². The predicted molar refractivity (Wildman–Crippen MR) is 149 cm³/mol. The minimum absolute atomic E-state index is 0.357. The summed E-state index contributed by atoms with van der Waals surface area (Å²) in [5.41, 5.74) is 0.557. The van der Waals surface area contributed by atoms with Crippen LogP contribution in [-0.4, -0.2) is 45.6 Å². The number of aryl methyl sites for hydroxylation is 1. The van der Waals surface area contributed by atoms with Gasteiger partial charge in [0.25, 0.3) is 0 Å². The van der Waals surface area contributed by atoms with Crippen molar-refractivity contribution < 1.29 is 19.6 Å². The molecule has 1 aromatic carbocycles. The fourth-order valence-electron chi connectivity index (χ4n) is 4.56. The van der Waals surface area contributed by atoms with Crippen LogP contribution in [0.15, 0.2) is 54.7 Å². The smallest absolute Gasteiger partial charge is 0.248 e. The Kier molecular flexibility index (Phi) is 12.4. The van der Waals surface area contributed by atoms with E-state index in [9.17, 15) is 19.6 Å². The Morgan fingerprint density at radius 3 is 2.24 bits per heavy atom. The maximum atomic E-state index is 13.8. The van der Waals surface area contributed by atoms with E-state index < -0.39 is 23.4 Å². The molecule has 0 aliphatic heterocycles. The van der Waals surface area contributed by atoms with Gasteiger partial charge in [-0.2, -0.15) is 0 Å². The molecule has 3 atom stereocenters. The Morgan fingerprint density at radius 2 is 1.66 bits per heavy atom. The number of rotatable bonds is 15. The average Bonchev–Trinajstić information content (AvgIpc) is 2.88. The van der Waals surface area contributed by atoms with Crippen molar-refractivity contribution in [1.29, 1.82) is 0 Å². The standard InChI is InChI=1S/C30H44N4O4/c1-22(2)13-11-18-25(34(38)21-35)24(17-12-16-23-14-7-6-8-15-23)28(36)33-27(30(3,4)5)29(37)32-26-19-9-10-20-31-26/h6-10,14-15,19-22,24-25,27,38H,11-13,16-18H2,1-5H3,(H,33,36)(H,31,32,37)/t24-,25+,27-/m1/s1. The van der Waals surface area contributed by atoms with Crippen molar-refractivity contribution in [2.45, 2.75) is 85.2 Å². The third-order valence-corrected chi connectivity index (χ3v) is 6.68. The summed E-state index contributed by atoms with van der Waals surface area (Å²) in [7, 11) is 0. The normalized spacial score (nSPS) is 13.9. The second-order valence-electron chi connectivity index (χ2n) is 11.4. The molecule has 0 fully saturated rings. The molecule has 8 nitrogen and oxygen atoms in total. The fourth-order valence-corrected chi connectivity index (χ4v) is 4.56. The summed E-state index contributed by atoms with van der Waals surface area (Å²) in [6, 6.07) is 13.7. The van der Waals surface area contributed by atoms with Crippen LogP contribution < -0.4 is 10.6 Å². The van der Waals surface area contributed by atoms with Gasteiger partial charge in [0, 0.05) is 6.20 Å². The van der Waals surface area contributed by atoms with E-state index in [1.54, 1.807) is 24.4 Å². The molecule has 0 saturated carbocycles. The van der Waals surface area contributed by atoms with Crippen molar-refractivity contribution >= 4 is 24.0 Å². The van der Waals surface area contributed by atoms with Gasteiger partial charge in [0.1, 0.15) is 11.9 Å². The number of amides is 3. The van der Waals surface area contributed by atoms with E-state index in [4.69, 9.17) is 0 Å². The van der Waals surface area contributed by atoms with E-state index in [1.807, 2.05) is 51.1 Å². The highest BCUT2D eigenvalue weighted by Gasteiger charge is 2.38. The van der Waals surface area contributed by atoms with Crippen LogP contribution in [0.2, 0.25) is 0 Å². The van der Waals surface area contributed by atoms with Crippen LogP contribution in [0.4, 0.5) is 5.82 Å². The van der Waals surface area contributed by atoms with E-state index in [0.29, 0.717) is 42.5 Å². The topological polar surface area (TPSA) is 112 Å². The first-order valence-electron chi connectivity index (χ1n) is 13.5. The molecule has 0 aliphatic rings. The molecule has 8 heteroatoms. The van der Waals surface area contributed by atoms with E-state index >= 15 is 0 Å². The minimum Gasteiger partial charge on any atom is -0.343 e. The SMILES string of the molecule is CC(C)CCC[C@@H]([C@@H](CCCc1ccccc1)C(=O)N[C@H](C(=O)Nc1ccccn1)C(C)(C)C)N(O)C=O. The summed E-state index contributed by atoms with van der Waals surface area (Å²) < 4.78 is 0. The maximum Gasteiger partial charge on any atom is 0.248 e. The van der Waals surface area contributed by atoms with Crippen LogP contribution in [0.3, 0.4) is 0 Å². The van der Waals surface area contributed by atoms with Gasteiger partial charge in [-0.05, 0) is 54.7 Å². The molecule has 0 unspecified atom stereocenters. The van der Waals surface area contributed by atoms with Crippen LogP contribution in [-0.2, 0) is 20.8 Å². The summed E-state index contributed by atoms with van der Waals surface area (Å²) in [4.78, 5) is 42.8. The Hall–Kier alpha value is -3.26. The fraction of sp³-hybridized carbons (Fsp3) is 0.533. The lowest BCUT2D eigenvalue weighted by Gasteiger charge is -2.35. The lowest BCUT2D eigenvalue weighted by molar-refractivity contribution is -0.169. The van der Waals surface area contributed by atoms with Gasteiger partial charge in [-0.25, -0.2) is 10.0 Å². The summed E-state index contributed by atoms with van der Waals surface area (Å²) in [5.74, 6) is -0.558. The van der Waals surface area contributed by atoms with Gasteiger partial charge in [-0.15, -0.1) is 0 Å². The first-order valence-corrected chi connectivity index (χ1v) is 13.5. The second kappa shape index (κ2) is 15.2. The molecule has 0 spiro atoms. The molecule has 0 bridgehead atoms. The van der Waals surface area contributed by atoms with E-state index in [0.717, 1.165) is 24.8 Å². The van der Waals surface area contributed by atoms with Crippen molar-refractivity contribution in [2.24, 2.45) is 17.3 Å². The number of carbonyl (C=O) groups is 3. The summed E-state index contributed by atoms with van der Waals surface area (Å²) in [5, 5.41) is 16.9. The molecule has 1 aromatic heterocycles. The lowest BCUT2D eigenvalue weighted by Crippen LogP contribution is -2.55. The van der Waals surface area contributed by atoms with Gasteiger partial charge in [-0.3, -0.25) is 19.6 Å². The van der Waals surface area contributed by atoms with Gasteiger partial charge in [0.2, 0.25) is 18.2 Å². The number of pyridine rings is 1. The summed E-state index contributed by atoms with van der Waals surface area (Å²) in [6.07, 6.45) is 6.02. The molecule has 3 N–H and O–H groups in total. The van der Waals surface area contributed by atoms with Crippen molar-refractivity contribution in [3.63, 3.8) is 0 Å². The number of hydrogen-bond acceptors (Lipinski definition) is 5. The van der Waals surface area contributed by atoms with Crippen molar-refractivity contribution in [3.05, 3.63) is 60.3 Å². The molecule has 3 amide bonds. The molecule has 2 aromatic rings. The first kappa shape index (κ1) is 31.0. The Morgan fingerprint density at radius 1 is 0.974 bits per heavy atom. The third kappa shape index (κ3) is 10.2. The molecular weight excluding hydrogens is 480 g/mol. The number of anilines is 1. The zero-order chi connectivity index (χ0) is 28.1. The van der Waals surface area contributed by atoms with Gasteiger partial charge < -0.3 is 10.6 Å². The molecule has 0 radical (unpaired) electrons. The number of benzene rings is 1. The second-order valence-corrected chi connectivity index (χ2v) is 11.4. The molecule has 0 saturated heterocycles. The highest BCUT2D eigenvalue weighted by Crippen LogP contribution is 2.26. The molecule has 0 aliphatic carbocycles. The van der Waals surface area contributed by atoms with Crippen LogP contribution in [0, 0.1) is 17.3 Å². The quantitative estimate of drug-likeness (QED) is 0.168. The highest BCUT2D eigenvalue weighted by atomic mass is 16.5. The third-order valence-electron chi connectivity index (χ3n) is 6.68. The van der Waals surface area contributed by atoms with Gasteiger partial charge in [0.05, 0.1) is 12.0 Å². The zero-order valence-corrected chi connectivity index (χ0v) is 23.4. The van der Waals surface area contributed by atoms with Crippen LogP contribution in [0.5, 0.6) is 0 Å². The number of aromatic nitrogens is 1. The number of hydrogen-bond donors (Lipinski definition) is 3. The van der Waals surface area contributed by atoms with Crippen molar-refractivity contribution in [1.82, 2.24) is 15.4 Å². The molecule has 2 rings (SSSR count). The van der Waals surface area contributed by atoms with Gasteiger partial charge in [-0.1, -0.05) is 83.9 Å². The number of nitrogens with one attached hydrogen (secondary N) is 2. The monoisotopic (exact) mass is 524 g/mol. The molecule has 208 valence electrons. The first-order chi connectivity index (χ1) is 18.0. The maximum absolute atomic E-state index is 13.8. The summed E-state index contributed by atoms with van der Waals surface area (Å²) >= 11 is 0. The Balaban J connectivity index is 2.26. The predicted octanol–water partition coefficient (Wildman–Crippen LogP) is 5.23. The molecular formula is C30H44N4O4. The number of nitrogens with zero attached hydrogens (tertiary/aromatic N) is 2. The van der Waals surface area contributed by atoms with E-state index in [2.05, 4.69) is 29.5 Å². The lowest BCUT2D eigenvalue weighted by atomic mass is 9.84. The van der Waals surface area contributed by atoms with Crippen molar-refractivity contribution in [3.8, 4) is 0 Å². The van der Waals surface area contributed by atoms with Crippen molar-refractivity contribution in [2.75, 3.05) is 5.32 Å². The highest BCUT2D eigenvalue weighted by molar-refractivity contribution is 5.97. The Labute approximate surface area is 227 Å². The minimum atomic E-state index is -0.853. The van der Waals surface area contributed by atoms with Crippen LogP contribution in [0.25, 0.3) is 0 Å². The largest absolute Gasteiger partial charge is 0.343 e. The van der Waals surface area contributed by atoms with E-state index in [1.165, 1.54) is 0 Å². The summed E-state index contributed by atoms with van der Waals surface area (Å²) in [6.45, 7) is 9.87. The number of hydroxylamine groups is 2. The van der Waals surface area contributed by atoms with Crippen LogP contribution >= 0.6 is 0 Å². The Bertz CT molecular complexity index is 992. The van der Waals surface area contributed by atoms with Gasteiger partial charge in [0.15, 0.2) is 0 Å². The molecule has 1 heterocycles. The number of carbonyl (C=O) groups excluding carboxylic acids is 3.